The Bertz CT molecular complexity index is 1040. The fourth-order valence-electron chi connectivity index (χ4n) is 3.63. The molecule has 4 nitrogen and oxygen atoms in total. The van der Waals surface area contributed by atoms with Crippen LogP contribution in [-0.2, 0) is 14.6 Å². The number of hydrogen-bond acceptors (Lipinski definition) is 3. The third kappa shape index (κ3) is 3.19. The minimum atomic E-state index is -4.11. The lowest BCUT2D eigenvalue weighted by Gasteiger charge is -2.28. The van der Waals surface area contributed by atoms with Crippen LogP contribution in [0.1, 0.15) is 36.8 Å². The van der Waals surface area contributed by atoms with Crippen molar-refractivity contribution < 1.29 is 26.4 Å². The molecule has 1 saturated carbocycles. The summed E-state index contributed by atoms with van der Waals surface area (Å²) in [4.78, 5) is 13.1. The smallest absolute Gasteiger partial charge is 0.246 e. The Morgan fingerprint density at radius 1 is 1.00 bits per heavy atom. The summed E-state index contributed by atoms with van der Waals surface area (Å²) < 4.78 is 65.8. The van der Waals surface area contributed by atoms with Crippen molar-refractivity contribution in [2.24, 2.45) is 0 Å². The van der Waals surface area contributed by atoms with E-state index in [1.54, 1.807) is 26.0 Å². The Morgan fingerprint density at radius 3 is 2.29 bits per heavy atom. The molecule has 0 bridgehead atoms. The Hall–Kier alpha value is -2.35. The van der Waals surface area contributed by atoms with Gasteiger partial charge in [-0.25, -0.2) is 21.6 Å². The van der Waals surface area contributed by atoms with Gasteiger partial charge in [-0.15, -0.1) is 0 Å². The summed E-state index contributed by atoms with van der Waals surface area (Å²) in [6.07, 6.45) is 1.16. The van der Waals surface area contributed by atoms with Crippen molar-refractivity contribution in [1.82, 2.24) is 0 Å². The monoisotopic (exact) mass is 411 g/mol. The second-order valence-electron chi connectivity index (χ2n) is 7.15. The first kappa shape index (κ1) is 20.4. The molecule has 1 aliphatic carbocycles. The van der Waals surface area contributed by atoms with Crippen LogP contribution in [0.3, 0.4) is 0 Å². The average Bonchev–Trinajstić information content (AvgIpc) is 3.16. The lowest BCUT2D eigenvalue weighted by atomic mass is 10.1. The first-order chi connectivity index (χ1) is 13.1. The Morgan fingerprint density at radius 2 is 1.64 bits per heavy atom. The number of nitrogens with one attached hydrogen (secondary N) is 1. The van der Waals surface area contributed by atoms with E-state index in [1.165, 1.54) is 6.07 Å². The summed E-state index contributed by atoms with van der Waals surface area (Å²) >= 11 is 0. The normalized spacial score (nSPS) is 16.2. The molecule has 28 heavy (non-hydrogen) atoms. The molecule has 0 atom stereocenters. The second-order valence-corrected chi connectivity index (χ2v) is 9.38. The summed E-state index contributed by atoms with van der Waals surface area (Å²) in [5.41, 5.74) is 0.638. The summed E-state index contributed by atoms with van der Waals surface area (Å²) in [5, 5.41) is 2.17. The number of sulfone groups is 1. The number of aryl methyl sites for hydroxylation is 2. The first-order valence-electron chi connectivity index (χ1n) is 8.87. The molecule has 0 unspecified atom stereocenters. The van der Waals surface area contributed by atoms with Gasteiger partial charge in [0.2, 0.25) is 5.91 Å². The van der Waals surface area contributed by atoms with Crippen molar-refractivity contribution in [3.63, 3.8) is 0 Å². The van der Waals surface area contributed by atoms with Crippen LogP contribution in [0, 0.1) is 31.3 Å². The first-order valence-corrected chi connectivity index (χ1v) is 10.4. The van der Waals surface area contributed by atoms with Gasteiger partial charge in [-0.1, -0.05) is 25.0 Å². The highest BCUT2D eigenvalue weighted by molar-refractivity contribution is 7.93. The molecular formula is C20H20F3NO3S. The molecule has 2 aromatic rings. The fourth-order valence-corrected chi connectivity index (χ4v) is 6.01. The van der Waals surface area contributed by atoms with Crippen LogP contribution in [0.15, 0.2) is 35.2 Å². The van der Waals surface area contributed by atoms with Crippen LogP contribution in [0.25, 0.3) is 0 Å². The number of anilines is 1. The number of carbonyl (C=O) groups excluding carboxylic acids is 1. The van der Waals surface area contributed by atoms with Gasteiger partial charge < -0.3 is 5.32 Å². The Labute approximate surface area is 161 Å². The van der Waals surface area contributed by atoms with E-state index >= 15 is 0 Å². The second kappa shape index (κ2) is 7.24. The van der Waals surface area contributed by atoms with Crippen molar-refractivity contribution in [2.75, 3.05) is 5.32 Å². The molecular weight excluding hydrogens is 391 g/mol. The average molecular weight is 411 g/mol. The molecule has 0 aliphatic heterocycles. The molecule has 3 rings (SSSR count). The molecule has 2 aromatic carbocycles. The predicted octanol–water partition coefficient (Wildman–Crippen LogP) is 4.45. The minimum absolute atomic E-state index is 0.0512. The summed E-state index contributed by atoms with van der Waals surface area (Å²) in [5.74, 6) is -5.62. The molecule has 150 valence electrons. The Kier molecular flexibility index (Phi) is 5.27. The lowest BCUT2D eigenvalue weighted by molar-refractivity contribution is -0.118. The maximum Gasteiger partial charge on any atom is 0.246 e. The number of halogens is 3. The molecule has 0 saturated heterocycles. The zero-order chi connectivity index (χ0) is 20.7. The standard InChI is InChI=1S/C20H20F3NO3S/c1-12-5-6-13(2)16(11-12)28(26,27)20(9-3-4-10-20)19(25)24-15-8-7-14(21)17(22)18(15)23/h5-8,11H,3-4,9-10H2,1-2H3,(H,24,25). The quantitative estimate of drug-likeness (QED) is 0.757. The van der Waals surface area contributed by atoms with Gasteiger partial charge in [0.05, 0.1) is 10.6 Å². The molecule has 0 radical (unpaired) electrons. The van der Waals surface area contributed by atoms with Crippen LogP contribution < -0.4 is 5.32 Å². The molecule has 8 heteroatoms. The van der Waals surface area contributed by atoms with Gasteiger partial charge in [0.1, 0.15) is 0 Å². The van der Waals surface area contributed by atoms with E-state index in [-0.39, 0.29) is 17.7 Å². The van der Waals surface area contributed by atoms with E-state index in [4.69, 9.17) is 0 Å². The molecule has 1 amide bonds. The molecule has 0 spiro atoms. The van der Waals surface area contributed by atoms with E-state index < -0.39 is 43.6 Å². The van der Waals surface area contributed by atoms with Gasteiger partial charge in [0.15, 0.2) is 32.0 Å². The third-order valence-corrected chi connectivity index (χ3v) is 7.90. The SMILES string of the molecule is Cc1ccc(C)c(S(=O)(=O)C2(C(=O)Nc3ccc(F)c(F)c3F)CCCC2)c1. The predicted molar refractivity (Wildman–Crippen MR) is 99.2 cm³/mol. The van der Waals surface area contributed by atoms with E-state index in [9.17, 15) is 26.4 Å². The zero-order valence-corrected chi connectivity index (χ0v) is 16.3. The van der Waals surface area contributed by atoms with Crippen LogP contribution in [0.5, 0.6) is 0 Å². The largest absolute Gasteiger partial charge is 0.322 e. The van der Waals surface area contributed by atoms with Crippen molar-refractivity contribution >= 4 is 21.4 Å². The highest BCUT2D eigenvalue weighted by Crippen LogP contribution is 2.42. The van der Waals surface area contributed by atoms with E-state index in [2.05, 4.69) is 5.32 Å². The van der Waals surface area contributed by atoms with Crippen molar-refractivity contribution in [3.05, 3.63) is 58.9 Å². The highest BCUT2D eigenvalue weighted by Gasteiger charge is 2.53. The molecule has 1 N–H and O–H groups in total. The van der Waals surface area contributed by atoms with Crippen LogP contribution >= 0.6 is 0 Å². The fraction of sp³-hybridized carbons (Fsp3) is 0.350. The molecule has 1 aliphatic rings. The number of carbonyl (C=O) groups is 1. The molecule has 1 fully saturated rings. The van der Waals surface area contributed by atoms with Gasteiger partial charge in [0, 0.05) is 0 Å². The van der Waals surface area contributed by atoms with Crippen molar-refractivity contribution in [1.29, 1.82) is 0 Å². The number of hydrogen-bond donors (Lipinski definition) is 1. The summed E-state index contributed by atoms with van der Waals surface area (Å²) in [6.45, 7) is 3.39. The van der Waals surface area contributed by atoms with Crippen LogP contribution in [-0.4, -0.2) is 19.1 Å². The van der Waals surface area contributed by atoms with Crippen LogP contribution in [0.2, 0.25) is 0 Å². The van der Waals surface area contributed by atoms with Gasteiger partial charge >= 0.3 is 0 Å². The van der Waals surface area contributed by atoms with Crippen LogP contribution in [0.4, 0.5) is 18.9 Å². The third-order valence-electron chi connectivity index (χ3n) is 5.26. The van der Waals surface area contributed by atoms with Gasteiger partial charge in [-0.3, -0.25) is 4.79 Å². The molecule has 0 aromatic heterocycles. The maximum absolute atomic E-state index is 14.0. The summed E-state index contributed by atoms with van der Waals surface area (Å²) in [6, 6.07) is 6.49. The van der Waals surface area contributed by atoms with Crippen molar-refractivity contribution in [2.45, 2.75) is 49.2 Å². The van der Waals surface area contributed by atoms with E-state index in [0.29, 0.717) is 24.5 Å². The van der Waals surface area contributed by atoms with E-state index in [1.807, 2.05) is 0 Å². The van der Waals surface area contributed by atoms with Gasteiger partial charge in [-0.2, -0.15) is 0 Å². The topological polar surface area (TPSA) is 63.2 Å². The number of benzene rings is 2. The van der Waals surface area contributed by atoms with Gasteiger partial charge in [0.25, 0.3) is 0 Å². The molecule has 0 heterocycles. The zero-order valence-electron chi connectivity index (χ0n) is 15.5. The maximum atomic E-state index is 14.0. The number of amides is 1. The Balaban J connectivity index is 2.06. The van der Waals surface area contributed by atoms with Crippen molar-refractivity contribution in [3.8, 4) is 0 Å². The van der Waals surface area contributed by atoms with Gasteiger partial charge in [-0.05, 0) is 56.0 Å². The summed E-state index contributed by atoms with van der Waals surface area (Å²) in [7, 11) is -4.11. The minimum Gasteiger partial charge on any atom is -0.322 e. The number of rotatable bonds is 4. The van der Waals surface area contributed by atoms with E-state index in [0.717, 1.165) is 11.6 Å². The lowest BCUT2D eigenvalue weighted by Crippen LogP contribution is -2.47. The highest BCUT2D eigenvalue weighted by atomic mass is 32.2.